The Morgan fingerprint density at radius 1 is 1.08 bits per heavy atom. The van der Waals surface area contributed by atoms with Gasteiger partial charge in [-0.2, -0.15) is 0 Å². The highest BCUT2D eigenvalue weighted by Crippen LogP contribution is 2.31. The zero-order chi connectivity index (χ0) is 18.1. The molecule has 1 N–H and O–H groups in total. The van der Waals surface area contributed by atoms with E-state index in [0.29, 0.717) is 5.56 Å². The second-order valence-electron chi connectivity index (χ2n) is 6.16. The van der Waals surface area contributed by atoms with Crippen molar-refractivity contribution in [3.8, 4) is 5.75 Å². The van der Waals surface area contributed by atoms with Crippen LogP contribution in [0.4, 0.5) is 10.8 Å². The number of fused-ring (bicyclic) bond motifs is 1. The van der Waals surface area contributed by atoms with E-state index in [2.05, 4.69) is 26.9 Å². The van der Waals surface area contributed by atoms with Gasteiger partial charge in [0.25, 0.3) is 0 Å². The molecule has 2 heterocycles. The van der Waals surface area contributed by atoms with Crippen molar-refractivity contribution in [2.45, 2.75) is 0 Å². The number of benzene rings is 2. The fraction of sp³-hybridized carbons (Fsp3) is 0.263. The van der Waals surface area contributed by atoms with Crippen molar-refractivity contribution >= 4 is 38.3 Å². The molecule has 134 valence electrons. The minimum atomic E-state index is -0.907. The highest BCUT2D eigenvalue weighted by Gasteiger charge is 2.20. The first-order chi connectivity index (χ1) is 12.6. The molecule has 1 aliphatic heterocycles. The van der Waals surface area contributed by atoms with Gasteiger partial charge < -0.3 is 19.6 Å². The summed E-state index contributed by atoms with van der Waals surface area (Å²) in [5.74, 6) is -0.0439. The van der Waals surface area contributed by atoms with Gasteiger partial charge in [0.2, 0.25) is 0 Å². The normalized spacial score (nSPS) is 14.7. The number of carbonyl (C=O) groups is 1. The Labute approximate surface area is 155 Å². The number of aromatic carboxylic acids is 1. The van der Waals surface area contributed by atoms with Gasteiger partial charge in [-0.25, -0.2) is 9.78 Å². The van der Waals surface area contributed by atoms with E-state index < -0.39 is 5.97 Å². The minimum absolute atomic E-state index is 0.303. The third-order valence-corrected chi connectivity index (χ3v) is 5.69. The number of aromatic nitrogens is 1. The molecule has 0 spiro atoms. The second-order valence-corrected chi connectivity index (χ2v) is 7.17. The Hall–Kier alpha value is -2.80. The van der Waals surface area contributed by atoms with Crippen LogP contribution in [0.2, 0.25) is 0 Å². The van der Waals surface area contributed by atoms with Gasteiger partial charge in [-0.3, -0.25) is 0 Å². The molecule has 1 saturated heterocycles. The van der Waals surface area contributed by atoms with Crippen LogP contribution in [0.25, 0.3) is 10.2 Å². The standard InChI is InChI=1S/C19H19N3O3S/c1-25-15-5-3-14(4-6-15)21-8-10-22(11-9-21)19-20-16-7-2-13(18(23)24)12-17(16)26-19/h2-7,12H,8-11H2,1H3,(H,23,24). The van der Waals surface area contributed by atoms with Crippen LogP contribution >= 0.6 is 11.3 Å². The number of hydrogen-bond acceptors (Lipinski definition) is 6. The average Bonchev–Trinajstić information content (AvgIpc) is 3.11. The molecule has 0 unspecified atom stereocenters. The number of hydrogen-bond donors (Lipinski definition) is 1. The molecule has 4 rings (SSSR count). The van der Waals surface area contributed by atoms with Crippen molar-refractivity contribution < 1.29 is 14.6 Å². The summed E-state index contributed by atoms with van der Waals surface area (Å²) in [4.78, 5) is 20.4. The molecule has 0 aliphatic carbocycles. The number of methoxy groups -OCH3 is 1. The van der Waals surface area contributed by atoms with E-state index in [-0.39, 0.29) is 0 Å². The van der Waals surface area contributed by atoms with Gasteiger partial charge in [0, 0.05) is 31.9 Å². The van der Waals surface area contributed by atoms with Gasteiger partial charge in [0.05, 0.1) is 22.9 Å². The molecule has 2 aromatic carbocycles. The third kappa shape index (κ3) is 3.17. The maximum absolute atomic E-state index is 11.1. The smallest absolute Gasteiger partial charge is 0.335 e. The number of piperazine rings is 1. The Morgan fingerprint density at radius 2 is 1.77 bits per heavy atom. The van der Waals surface area contributed by atoms with E-state index in [4.69, 9.17) is 9.84 Å². The third-order valence-electron chi connectivity index (χ3n) is 4.61. The molecule has 0 amide bonds. The number of ether oxygens (including phenoxy) is 1. The number of carboxylic acid groups (broad SMARTS) is 1. The summed E-state index contributed by atoms with van der Waals surface area (Å²) < 4.78 is 6.13. The lowest BCUT2D eigenvalue weighted by Crippen LogP contribution is -2.46. The number of nitrogens with zero attached hydrogens (tertiary/aromatic N) is 3. The molecule has 1 aliphatic rings. The van der Waals surface area contributed by atoms with E-state index in [1.165, 1.54) is 5.69 Å². The molecule has 7 heteroatoms. The monoisotopic (exact) mass is 369 g/mol. The molecule has 6 nitrogen and oxygen atoms in total. The van der Waals surface area contributed by atoms with Crippen molar-refractivity contribution in [2.75, 3.05) is 43.1 Å². The number of anilines is 2. The Kier molecular flexibility index (Phi) is 4.38. The van der Waals surface area contributed by atoms with Crippen LogP contribution in [0.3, 0.4) is 0 Å². The molecule has 3 aromatic rings. The molecule has 0 atom stereocenters. The topological polar surface area (TPSA) is 65.9 Å². The van der Waals surface area contributed by atoms with Crippen LogP contribution in [0.5, 0.6) is 5.75 Å². The summed E-state index contributed by atoms with van der Waals surface area (Å²) in [7, 11) is 1.67. The average molecular weight is 369 g/mol. The van der Waals surface area contributed by atoms with Gasteiger partial charge in [-0.1, -0.05) is 11.3 Å². The predicted octanol–water partition coefficient (Wildman–Crippen LogP) is 3.33. The van der Waals surface area contributed by atoms with E-state index in [0.717, 1.165) is 47.3 Å². The summed E-state index contributed by atoms with van der Waals surface area (Å²) in [6.45, 7) is 3.61. The van der Waals surface area contributed by atoms with E-state index in [1.807, 2.05) is 12.1 Å². The molecule has 0 radical (unpaired) electrons. The zero-order valence-electron chi connectivity index (χ0n) is 14.4. The lowest BCUT2D eigenvalue weighted by atomic mass is 10.2. The van der Waals surface area contributed by atoms with Crippen LogP contribution in [-0.4, -0.2) is 49.3 Å². The summed E-state index contributed by atoms with van der Waals surface area (Å²) >= 11 is 1.55. The number of carboxylic acids is 1. The van der Waals surface area contributed by atoms with Gasteiger partial charge in [-0.15, -0.1) is 0 Å². The maximum atomic E-state index is 11.1. The molecular weight excluding hydrogens is 350 g/mol. The van der Waals surface area contributed by atoms with Gasteiger partial charge in [0.15, 0.2) is 5.13 Å². The molecule has 0 bridgehead atoms. The molecule has 0 saturated carbocycles. The van der Waals surface area contributed by atoms with Crippen molar-refractivity contribution in [2.24, 2.45) is 0 Å². The molecular formula is C19H19N3O3S. The van der Waals surface area contributed by atoms with Crippen molar-refractivity contribution in [3.63, 3.8) is 0 Å². The van der Waals surface area contributed by atoms with Crippen molar-refractivity contribution in [1.29, 1.82) is 0 Å². The first-order valence-corrected chi connectivity index (χ1v) is 9.23. The Morgan fingerprint density at radius 3 is 2.42 bits per heavy atom. The van der Waals surface area contributed by atoms with Gasteiger partial charge in [0.1, 0.15) is 5.75 Å². The highest BCUT2D eigenvalue weighted by molar-refractivity contribution is 7.22. The highest BCUT2D eigenvalue weighted by atomic mass is 32.1. The fourth-order valence-corrected chi connectivity index (χ4v) is 4.19. The number of rotatable bonds is 4. The predicted molar refractivity (Wildman–Crippen MR) is 104 cm³/mol. The summed E-state index contributed by atoms with van der Waals surface area (Å²) in [6.07, 6.45) is 0. The van der Waals surface area contributed by atoms with Crippen molar-refractivity contribution in [3.05, 3.63) is 48.0 Å². The molecule has 26 heavy (non-hydrogen) atoms. The van der Waals surface area contributed by atoms with Crippen LogP contribution in [-0.2, 0) is 0 Å². The first kappa shape index (κ1) is 16.7. The first-order valence-electron chi connectivity index (χ1n) is 8.42. The lowest BCUT2D eigenvalue weighted by molar-refractivity contribution is 0.0697. The second kappa shape index (κ2) is 6.84. The lowest BCUT2D eigenvalue weighted by Gasteiger charge is -2.36. The Balaban J connectivity index is 1.47. The minimum Gasteiger partial charge on any atom is -0.497 e. The number of thiazole rings is 1. The van der Waals surface area contributed by atoms with E-state index in [1.54, 1.807) is 36.6 Å². The quantitative estimate of drug-likeness (QED) is 0.761. The van der Waals surface area contributed by atoms with Crippen LogP contribution in [0.1, 0.15) is 10.4 Å². The summed E-state index contributed by atoms with van der Waals surface area (Å²) in [5, 5.41) is 10.1. The van der Waals surface area contributed by atoms with E-state index >= 15 is 0 Å². The summed E-state index contributed by atoms with van der Waals surface area (Å²) in [6, 6.07) is 13.2. The summed E-state index contributed by atoms with van der Waals surface area (Å²) in [5.41, 5.74) is 2.35. The largest absolute Gasteiger partial charge is 0.497 e. The van der Waals surface area contributed by atoms with Gasteiger partial charge >= 0.3 is 5.97 Å². The van der Waals surface area contributed by atoms with Crippen LogP contribution in [0, 0.1) is 0 Å². The van der Waals surface area contributed by atoms with Gasteiger partial charge in [-0.05, 0) is 42.5 Å². The van der Waals surface area contributed by atoms with Crippen LogP contribution < -0.4 is 14.5 Å². The molecule has 1 aromatic heterocycles. The molecule has 1 fully saturated rings. The van der Waals surface area contributed by atoms with Crippen molar-refractivity contribution in [1.82, 2.24) is 4.98 Å². The maximum Gasteiger partial charge on any atom is 0.335 e. The fourth-order valence-electron chi connectivity index (χ4n) is 3.13. The van der Waals surface area contributed by atoms with E-state index in [9.17, 15) is 4.79 Å². The van der Waals surface area contributed by atoms with Crippen LogP contribution in [0.15, 0.2) is 42.5 Å². The Bertz CT molecular complexity index is 931. The SMILES string of the molecule is COc1ccc(N2CCN(c3nc4ccc(C(=O)O)cc4s3)CC2)cc1. The zero-order valence-corrected chi connectivity index (χ0v) is 15.2.